The van der Waals surface area contributed by atoms with E-state index in [1.54, 1.807) is 36.2 Å². The minimum atomic E-state index is -0.280. The molecule has 0 spiro atoms. The van der Waals surface area contributed by atoms with Crippen LogP contribution < -0.4 is 10.1 Å². The smallest absolute Gasteiger partial charge is 0.252 e. The van der Waals surface area contributed by atoms with Gasteiger partial charge in [-0.3, -0.25) is 9.59 Å². The van der Waals surface area contributed by atoms with Crippen LogP contribution in [0.3, 0.4) is 0 Å². The maximum atomic E-state index is 12.2. The number of nitrogens with one attached hydrogen (secondary N) is 1. The third-order valence-corrected chi connectivity index (χ3v) is 4.15. The average Bonchev–Trinajstić information content (AvgIpc) is 2.63. The van der Waals surface area contributed by atoms with Gasteiger partial charge in [0.05, 0.1) is 17.2 Å². The Morgan fingerprint density at radius 3 is 2.46 bits per heavy atom. The Bertz CT molecular complexity index is 747. The second-order valence-corrected chi connectivity index (χ2v) is 6.22. The molecule has 0 aliphatic heterocycles. The van der Waals surface area contributed by atoms with E-state index < -0.39 is 0 Å². The number of carbonyl (C=O) groups is 2. The predicted molar refractivity (Wildman–Crippen MR) is 102 cm³/mol. The van der Waals surface area contributed by atoms with E-state index >= 15 is 0 Å². The van der Waals surface area contributed by atoms with Gasteiger partial charge in [-0.15, -0.1) is 0 Å². The molecular formula is C20H23ClN2O3. The van der Waals surface area contributed by atoms with Crippen LogP contribution in [-0.2, 0) is 11.3 Å². The number of benzene rings is 2. The molecule has 0 aromatic heterocycles. The molecule has 0 saturated carbocycles. The molecule has 0 bridgehead atoms. The number of hydrogen-bond donors (Lipinski definition) is 1. The van der Waals surface area contributed by atoms with Crippen LogP contribution in [0.15, 0.2) is 48.5 Å². The zero-order valence-electron chi connectivity index (χ0n) is 15.0. The molecule has 0 heterocycles. The molecule has 2 amide bonds. The summed E-state index contributed by atoms with van der Waals surface area (Å²) in [5.74, 6) is 0.489. The molecule has 6 heteroatoms. The van der Waals surface area contributed by atoms with Gasteiger partial charge in [0.2, 0.25) is 5.91 Å². The molecule has 0 atom stereocenters. The normalized spacial score (nSPS) is 10.3. The molecule has 138 valence electrons. The summed E-state index contributed by atoms with van der Waals surface area (Å²) in [6.07, 6.45) is 0.226. The van der Waals surface area contributed by atoms with Gasteiger partial charge in [0.15, 0.2) is 0 Å². The van der Waals surface area contributed by atoms with Gasteiger partial charge in [-0.1, -0.05) is 35.9 Å². The molecule has 2 rings (SSSR count). The number of rotatable bonds is 8. The summed E-state index contributed by atoms with van der Waals surface area (Å²) in [6, 6.07) is 14.5. The number of carbonyl (C=O) groups excluding carboxylic acids is 2. The Kier molecular flexibility index (Phi) is 7.48. The molecule has 2 aromatic carbocycles. The van der Waals surface area contributed by atoms with Crippen LogP contribution in [0.2, 0.25) is 5.02 Å². The molecule has 2 aromatic rings. The lowest BCUT2D eigenvalue weighted by molar-refractivity contribution is -0.130. The predicted octanol–water partition coefficient (Wildman–Crippen LogP) is 3.52. The Labute approximate surface area is 158 Å². The summed E-state index contributed by atoms with van der Waals surface area (Å²) in [5, 5.41) is 3.12. The highest BCUT2D eigenvalue weighted by atomic mass is 35.5. The number of hydrogen-bond acceptors (Lipinski definition) is 3. The van der Waals surface area contributed by atoms with Crippen molar-refractivity contribution in [2.75, 3.05) is 20.2 Å². The lowest BCUT2D eigenvalue weighted by Gasteiger charge is -2.18. The van der Waals surface area contributed by atoms with Crippen molar-refractivity contribution in [3.63, 3.8) is 0 Å². The first kappa shape index (κ1) is 19.8. The highest BCUT2D eigenvalue weighted by Gasteiger charge is 2.12. The van der Waals surface area contributed by atoms with E-state index in [0.717, 1.165) is 11.3 Å². The minimum absolute atomic E-state index is 0.0432. The van der Waals surface area contributed by atoms with Gasteiger partial charge < -0.3 is 15.0 Å². The topological polar surface area (TPSA) is 58.6 Å². The van der Waals surface area contributed by atoms with Crippen LogP contribution in [0.1, 0.15) is 29.3 Å². The molecule has 1 N–H and O–H groups in total. The third kappa shape index (κ3) is 5.77. The molecule has 0 fully saturated rings. The fourth-order valence-corrected chi connectivity index (χ4v) is 2.66. The standard InChI is InChI=1S/C20H23ClN2O3/c1-3-26-16-10-8-15(9-11-16)14-23(2)19(24)12-13-22-20(25)17-6-4-5-7-18(17)21/h4-11H,3,12-14H2,1-2H3,(H,22,25). The number of amides is 2. The first-order valence-corrected chi connectivity index (χ1v) is 8.87. The molecule has 0 saturated heterocycles. The van der Waals surface area contributed by atoms with Gasteiger partial charge in [-0.25, -0.2) is 0 Å². The Morgan fingerprint density at radius 1 is 1.12 bits per heavy atom. The molecular weight excluding hydrogens is 352 g/mol. The zero-order valence-corrected chi connectivity index (χ0v) is 15.8. The van der Waals surface area contributed by atoms with Gasteiger partial charge in [-0.2, -0.15) is 0 Å². The SMILES string of the molecule is CCOc1ccc(CN(C)C(=O)CCNC(=O)c2ccccc2Cl)cc1. The van der Waals surface area contributed by atoms with Gasteiger partial charge in [0.25, 0.3) is 5.91 Å². The fourth-order valence-electron chi connectivity index (χ4n) is 2.43. The van der Waals surface area contributed by atoms with E-state index in [1.807, 2.05) is 31.2 Å². The zero-order chi connectivity index (χ0) is 18.9. The van der Waals surface area contributed by atoms with Crippen molar-refractivity contribution in [3.05, 3.63) is 64.7 Å². The van der Waals surface area contributed by atoms with Crippen molar-refractivity contribution in [1.82, 2.24) is 10.2 Å². The van der Waals surface area contributed by atoms with Crippen LogP contribution in [0.25, 0.3) is 0 Å². The summed E-state index contributed by atoms with van der Waals surface area (Å²) in [4.78, 5) is 25.9. The monoisotopic (exact) mass is 374 g/mol. The van der Waals surface area contributed by atoms with E-state index in [-0.39, 0.29) is 24.8 Å². The lowest BCUT2D eigenvalue weighted by atomic mass is 10.2. The Morgan fingerprint density at radius 2 is 1.81 bits per heavy atom. The minimum Gasteiger partial charge on any atom is -0.494 e. The van der Waals surface area contributed by atoms with Gasteiger partial charge >= 0.3 is 0 Å². The molecule has 5 nitrogen and oxygen atoms in total. The molecule has 0 unspecified atom stereocenters. The maximum absolute atomic E-state index is 12.2. The van der Waals surface area contributed by atoms with Gasteiger partial charge in [0, 0.05) is 26.6 Å². The van der Waals surface area contributed by atoms with Crippen LogP contribution in [0, 0.1) is 0 Å². The summed E-state index contributed by atoms with van der Waals surface area (Å²) in [7, 11) is 1.74. The van der Waals surface area contributed by atoms with Crippen molar-refractivity contribution in [3.8, 4) is 5.75 Å². The number of ether oxygens (including phenoxy) is 1. The average molecular weight is 375 g/mol. The molecule has 0 aliphatic carbocycles. The summed E-state index contributed by atoms with van der Waals surface area (Å²) >= 11 is 5.99. The van der Waals surface area contributed by atoms with Crippen molar-refractivity contribution >= 4 is 23.4 Å². The first-order valence-electron chi connectivity index (χ1n) is 8.49. The van der Waals surface area contributed by atoms with Gasteiger partial charge in [-0.05, 0) is 36.8 Å². The van der Waals surface area contributed by atoms with E-state index in [0.29, 0.717) is 23.7 Å². The Balaban J connectivity index is 1.78. The molecule has 0 radical (unpaired) electrons. The first-order chi connectivity index (χ1) is 12.5. The highest BCUT2D eigenvalue weighted by molar-refractivity contribution is 6.33. The third-order valence-electron chi connectivity index (χ3n) is 3.82. The summed E-state index contributed by atoms with van der Waals surface area (Å²) < 4.78 is 5.40. The summed E-state index contributed by atoms with van der Waals surface area (Å²) in [6.45, 7) is 3.32. The number of nitrogens with zero attached hydrogens (tertiary/aromatic N) is 1. The van der Waals surface area contributed by atoms with E-state index in [9.17, 15) is 9.59 Å². The van der Waals surface area contributed by atoms with E-state index in [4.69, 9.17) is 16.3 Å². The summed E-state index contributed by atoms with van der Waals surface area (Å²) in [5.41, 5.74) is 1.42. The van der Waals surface area contributed by atoms with Crippen LogP contribution in [0.4, 0.5) is 0 Å². The second kappa shape index (κ2) is 9.82. The van der Waals surface area contributed by atoms with Crippen molar-refractivity contribution < 1.29 is 14.3 Å². The van der Waals surface area contributed by atoms with Crippen LogP contribution >= 0.6 is 11.6 Å². The maximum Gasteiger partial charge on any atom is 0.252 e. The van der Waals surface area contributed by atoms with E-state index in [2.05, 4.69) is 5.32 Å². The Hall–Kier alpha value is -2.53. The largest absolute Gasteiger partial charge is 0.494 e. The lowest BCUT2D eigenvalue weighted by Crippen LogP contribution is -2.32. The second-order valence-electron chi connectivity index (χ2n) is 5.81. The van der Waals surface area contributed by atoms with Crippen LogP contribution in [0.5, 0.6) is 5.75 Å². The molecule has 26 heavy (non-hydrogen) atoms. The number of halogens is 1. The van der Waals surface area contributed by atoms with Crippen LogP contribution in [-0.4, -0.2) is 36.9 Å². The van der Waals surface area contributed by atoms with Crippen molar-refractivity contribution in [2.45, 2.75) is 19.9 Å². The van der Waals surface area contributed by atoms with E-state index in [1.165, 1.54) is 0 Å². The fraction of sp³-hybridized carbons (Fsp3) is 0.300. The van der Waals surface area contributed by atoms with Gasteiger partial charge in [0.1, 0.15) is 5.75 Å². The van der Waals surface area contributed by atoms with Crippen molar-refractivity contribution in [1.29, 1.82) is 0 Å². The molecule has 0 aliphatic rings. The highest BCUT2D eigenvalue weighted by Crippen LogP contribution is 2.15. The quantitative estimate of drug-likeness (QED) is 0.769. The van der Waals surface area contributed by atoms with Crippen molar-refractivity contribution in [2.24, 2.45) is 0 Å².